The molecular formula is C16H18N4S. The van der Waals surface area contributed by atoms with Gasteiger partial charge in [0, 0.05) is 17.1 Å². The lowest BCUT2D eigenvalue weighted by Gasteiger charge is -2.10. The van der Waals surface area contributed by atoms with Gasteiger partial charge in [-0.25, -0.2) is 9.97 Å². The van der Waals surface area contributed by atoms with Crippen LogP contribution in [0.25, 0.3) is 10.2 Å². The van der Waals surface area contributed by atoms with Crippen molar-refractivity contribution in [2.45, 2.75) is 26.8 Å². The molecule has 3 aromatic rings. The Labute approximate surface area is 128 Å². The van der Waals surface area contributed by atoms with Crippen LogP contribution in [0.5, 0.6) is 0 Å². The van der Waals surface area contributed by atoms with E-state index in [-0.39, 0.29) is 0 Å². The number of anilines is 2. The van der Waals surface area contributed by atoms with Crippen LogP contribution in [0.15, 0.2) is 30.6 Å². The highest BCUT2D eigenvalue weighted by Crippen LogP contribution is 2.28. The molecule has 0 radical (unpaired) electrons. The van der Waals surface area contributed by atoms with Crippen LogP contribution in [0.4, 0.5) is 11.5 Å². The SMILES string of the molecule is CCc1cc2c(NCc3cccc(N)c3C)ncnc2s1. The molecule has 0 spiro atoms. The van der Waals surface area contributed by atoms with Gasteiger partial charge in [-0.1, -0.05) is 19.1 Å². The highest BCUT2D eigenvalue weighted by molar-refractivity contribution is 7.18. The molecule has 0 fully saturated rings. The van der Waals surface area contributed by atoms with E-state index in [4.69, 9.17) is 5.73 Å². The zero-order valence-corrected chi connectivity index (χ0v) is 13.0. The fraction of sp³-hybridized carbons (Fsp3) is 0.250. The minimum atomic E-state index is 0.709. The zero-order valence-electron chi connectivity index (χ0n) is 12.2. The highest BCUT2D eigenvalue weighted by atomic mass is 32.1. The molecule has 0 saturated heterocycles. The molecule has 4 nitrogen and oxygen atoms in total. The largest absolute Gasteiger partial charge is 0.399 e. The molecule has 0 atom stereocenters. The van der Waals surface area contributed by atoms with Crippen molar-refractivity contribution in [3.63, 3.8) is 0 Å². The van der Waals surface area contributed by atoms with Gasteiger partial charge >= 0.3 is 0 Å². The Hall–Kier alpha value is -2.14. The van der Waals surface area contributed by atoms with E-state index in [0.717, 1.165) is 33.7 Å². The minimum absolute atomic E-state index is 0.709. The fourth-order valence-corrected chi connectivity index (χ4v) is 3.23. The Bertz CT molecular complexity index is 779. The number of aromatic nitrogens is 2. The van der Waals surface area contributed by atoms with Crippen molar-refractivity contribution in [3.05, 3.63) is 46.6 Å². The van der Waals surface area contributed by atoms with Crippen LogP contribution in [-0.2, 0) is 13.0 Å². The summed E-state index contributed by atoms with van der Waals surface area (Å²) >= 11 is 1.73. The summed E-state index contributed by atoms with van der Waals surface area (Å²) in [6.07, 6.45) is 2.64. The van der Waals surface area contributed by atoms with E-state index < -0.39 is 0 Å². The maximum Gasteiger partial charge on any atom is 0.138 e. The van der Waals surface area contributed by atoms with Crippen LogP contribution in [0.1, 0.15) is 22.9 Å². The summed E-state index contributed by atoms with van der Waals surface area (Å²) in [5.74, 6) is 0.887. The summed E-state index contributed by atoms with van der Waals surface area (Å²) in [5, 5.41) is 4.51. The lowest BCUT2D eigenvalue weighted by Crippen LogP contribution is -2.04. The number of thiophene rings is 1. The first kappa shape index (κ1) is 13.8. The molecule has 1 aromatic carbocycles. The van der Waals surface area contributed by atoms with Crippen molar-refractivity contribution in [2.75, 3.05) is 11.1 Å². The van der Waals surface area contributed by atoms with Crippen molar-refractivity contribution in [1.29, 1.82) is 0 Å². The molecule has 3 rings (SSSR count). The number of hydrogen-bond acceptors (Lipinski definition) is 5. The smallest absolute Gasteiger partial charge is 0.138 e. The van der Waals surface area contributed by atoms with Crippen LogP contribution in [0.3, 0.4) is 0 Å². The molecule has 0 amide bonds. The molecule has 0 aliphatic carbocycles. The summed E-state index contributed by atoms with van der Waals surface area (Å²) in [4.78, 5) is 11.1. The van der Waals surface area contributed by atoms with Gasteiger partial charge in [-0.2, -0.15) is 0 Å². The molecule has 0 aliphatic rings. The topological polar surface area (TPSA) is 63.8 Å². The zero-order chi connectivity index (χ0) is 14.8. The third-order valence-corrected chi connectivity index (χ3v) is 4.85. The van der Waals surface area contributed by atoms with Crippen molar-refractivity contribution in [1.82, 2.24) is 9.97 Å². The Balaban J connectivity index is 1.88. The Morgan fingerprint density at radius 3 is 2.95 bits per heavy atom. The third-order valence-electron chi connectivity index (χ3n) is 3.66. The first-order chi connectivity index (χ1) is 10.2. The second kappa shape index (κ2) is 5.69. The first-order valence-electron chi connectivity index (χ1n) is 7.00. The van der Waals surface area contributed by atoms with Crippen LogP contribution >= 0.6 is 11.3 Å². The lowest BCUT2D eigenvalue weighted by molar-refractivity contribution is 1.09. The number of nitrogens with one attached hydrogen (secondary N) is 1. The molecule has 0 unspecified atom stereocenters. The van der Waals surface area contributed by atoms with Gasteiger partial charge < -0.3 is 11.1 Å². The molecule has 0 bridgehead atoms. The van der Waals surface area contributed by atoms with E-state index in [1.165, 1.54) is 10.4 Å². The third kappa shape index (κ3) is 2.69. The summed E-state index contributed by atoms with van der Waals surface area (Å²) in [5.41, 5.74) is 9.08. The number of benzene rings is 1. The number of nitrogen functional groups attached to an aromatic ring is 1. The molecule has 2 heterocycles. The van der Waals surface area contributed by atoms with Crippen molar-refractivity contribution < 1.29 is 0 Å². The number of fused-ring (bicyclic) bond motifs is 1. The summed E-state index contributed by atoms with van der Waals surface area (Å²) < 4.78 is 0. The molecule has 2 aromatic heterocycles. The van der Waals surface area contributed by atoms with E-state index in [1.807, 2.05) is 19.1 Å². The second-order valence-electron chi connectivity index (χ2n) is 4.99. The van der Waals surface area contributed by atoms with Crippen molar-refractivity contribution in [2.24, 2.45) is 0 Å². The van der Waals surface area contributed by atoms with Crippen molar-refractivity contribution in [3.8, 4) is 0 Å². The fourth-order valence-electron chi connectivity index (χ4n) is 2.29. The molecule has 5 heteroatoms. The molecule has 21 heavy (non-hydrogen) atoms. The van der Waals surface area contributed by atoms with Crippen LogP contribution in [0.2, 0.25) is 0 Å². The maximum atomic E-state index is 5.95. The van der Waals surface area contributed by atoms with Crippen LogP contribution in [-0.4, -0.2) is 9.97 Å². The van der Waals surface area contributed by atoms with E-state index in [1.54, 1.807) is 17.7 Å². The summed E-state index contributed by atoms with van der Waals surface area (Å²) in [6.45, 7) is 4.91. The number of hydrogen-bond donors (Lipinski definition) is 2. The quantitative estimate of drug-likeness (QED) is 0.720. The van der Waals surface area contributed by atoms with Gasteiger partial charge in [-0.05, 0) is 36.6 Å². The number of nitrogens with two attached hydrogens (primary N) is 1. The maximum absolute atomic E-state index is 5.95. The van der Waals surface area contributed by atoms with E-state index >= 15 is 0 Å². The Morgan fingerprint density at radius 1 is 1.29 bits per heavy atom. The summed E-state index contributed by atoms with van der Waals surface area (Å²) in [7, 11) is 0. The molecule has 0 saturated carbocycles. The second-order valence-corrected chi connectivity index (χ2v) is 6.11. The molecule has 3 N–H and O–H groups in total. The standard InChI is InChI=1S/C16H18N4S/c1-3-12-7-13-15(19-9-20-16(13)21-12)18-8-11-5-4-6-14(17)10(11)2/h4-7,9H,3,8,17H2,1-2H3,(H,18,19,20). The van der Waals surface area contributed by atoms with Crippen molar-refractivity contribution >= 4 is 33.1 Å². The highest BCUT2D eigenvalue weighted by Gasteiger charge is 2.08. The average Bonchev–Trinajstić information content (AvgIpc) is 2.92. The van der Waals surface area contributed by atoms with Gasteiger partial charge in [0.25, 0.3) is 0 Å². The van der Waals surface area contributed by atoms with Gasteiger partial charge in [0.2, 0.25) is 0 Å². The predicted octanol–water partition coefficient (Wildman–Crippen LogP) is 3.76. The molecular weight excluding hydrogens is 280 g/mol. The Kier molecular flexibility index (Phi) is 3.75. The van der Waals surface area contributed by atoms with Gasteiger partial charge in [0.05, 0.1) is 5.39 Å². The molecule has 108 valence electrons. The molecule has 0 aliphatic heterocycles. The average molecular weight is 298 g/mol. The lowest BCUT2D eigenvalue weighted by atomic mass is 10.1. The van der Waals surface area contributed by atoms with Gasteiger partial charge in [0.15, 0.2) is 0 Å². The van der Waals surface area contributed by atoms with Crippen LogP contribution < -0.4 is 11.1 Å². The Morgan fingerprint density at radius 2 is 2.14 bits per heavy atom. The normalized spacial score (nSPS) is 11.0. The number of rotatable bonds is 4. The summed E-state index contributed by atoms with van der Waals surface area (Å²) in [6, 6.07) is 8.17. The number of aryl methyl sites for hydroxylation is 1. The van der Waals surface area contributed by atoms with E-state index in [9.17, 15) is 0 Å². The van der Waals surface area contributed by atoms with Gasteiger partial charge in [-0.15, -0.1) is 11.3 Å². The minimum Gasteiger partial charge on any atom is -0.399 e. The van der Waals surface area contributed by atoms with Crippen LogP contribution in [0, 0.1) is 6.92 Å². The van der Waals surface area contributed by atoms with Gasteiger partial charge in [0.1, 0.15) is 17.0 Å². The first-order valence-corrected chi connectivity index (χ1v) is 7.82. The van der Waals surface area contributed by atoms with E-state index in [0.29, 0.717) is 6.54 Å². The number of nitrogens with zero attached hydrogens (tertiary/aromatic N) is 2. The van der Waals surface area contributed by atoms with Gasteiger partial charge in [-0.3, -0.25) is 0 Å². The monoisotopic (exact) mass is 298 g/mol. The van der Waals surface area contributed by atoms with E-state index in [2.05, 4.69) is 34.3 Å². The predicted molar refractivity (Wildman–Crippen MR) is 89.7 cm³/mol.